The van der Waals surface area contributed by atoms with E-state index in [2.05, 4.69) is 20.6 Å². The zero-order valence-electron chi connectivity index (χ0n) is 24.9. The van der Waals surface area contributed by atoms with Crippen LogP contribution in [0, 0.1) is 11.8 Å². The lowest BCUT2D eigenvalue weighted by Crippen LogP contribution is -2.48. The second-order valence-corrected chi connectivity index (χ2v) is 11.1. The monoisotopic (exact) mass is 569 g/mol. The van der Waals surface area contributed by atoms with E-state index in [1.807, 2.05) is 43.9 Å². The Morgan fingerprint density at radius 2 is 1.71 bits per heavy atom. The number of hydrogen-bond acceptors (Lipinski definition) is 7. The van der Waals surface area contributed by atoms with Gasteiger partial charge in [-0.3, -0.25) is 14.4 Å². The van der Waals surface area contributed by atoms with Crippen LogP contribution in [0.3, 0.4) is 0 Å². The van der Waals surface area contributed by atoms with Crippen LogP contribution in [0.1, 0.15) is 91.0 Å². The molecule has 1 aliphatic heterocycles. The van der Waals surface area contributed by atoms with Gasteiger partial charge in [0.05, 0.1) is 31.1 Å². The molecular weight excluding hydrogens is 518 g/mol. The number of Topliss-reactive ketones (excluding diaryl/α,β-unsaturated/α-hetero) is 1. The Bertz CT molecular complexity index is 1090. The fourth-order valence-corrected chi connectivity index (χ4v) is 5.36. The van der Waals surface area contributed by atoms with E-state index in [-0.39, 0.29) is 32.4 Å². The summed E-state index contributed by atoms with van der Waals surface area (Å²) in [6.07, 6.45) is 12.3. The highest BCUT2D eigenvalue weighted by Crippen LogP contribution is 2.28. The smallest absolute Gasteiger partial charge is 0.251 e. The number of aromatic nitrogens is 2. The van der Waals surface area contributed by atoms with Gasteiger partial charge >= 0.3 is 0 Å². The van der Waals surface area contributed by atoms with Gasteiger partial charge in [-0.25, -0.2) is 9.97 Å². The van der Waals surface area contributed by atoms with E-state index in [0.29, 0.717) is 36.9 Å². The second kappa shape index (κ2) is 17.5. The molecule has 2 amide bonds. The molecule has 2 aromatic rings. The van der Waals surface area contributed by atoms with E-state index in [0.717, 1.165) is 57.3 Å². The van der Waals surface area contributed by atoms with Crippen molar-refractivity contribution >= 4 is 17.6 Å². The van der Waals surface area contributed by atoms with Crippen molar-refractivity contribution in [3.05, 3.63) is 54.1 Å². The number of benzene rings is 1. The summed E-state index contributed by atoms with van der Waals surface area (Å²) in [6.45, 7) is 8.94. The molecule has 2 N–H and O–H groups in total. The summed E-state index contributed by atoms with van der Waals surface area (Å²) < 4.78 is 5.45. The van der Waals surface area contributed by atoms with Crippen molar-refractivity contribution in [3.8, 4) is 5.75 Å². The number of nitrogens with zero attached hydrogens (tertiary/aromatic N) is 3. The second-order valence-electron chi connectivity index (χ2n) is 11.1. The first-order valence-corrected chi connectivity index (χ1v) is 15.2. The van der Waals surface area contributed by atoms with Gasteiger partial charge in [0.15, 0.2) is 11.5 Å². The lowest BCUT2D eigenvalue weighted by Gasteiger charge is -2.31. The Labute approximate surface area is 247 Å². The van der Waals surface area contributed by atoms with Gasteiger partial charge in [0.25, 0.3) is 5.91 Å². The zero-order valence-corrected chi connectivity index (χ0v) is 24.9. The molecule has 2 fully saturated rings. The number of carbonyl (C=O) groups excluding carboxylic acids is 3. The number of nitrogens with one attached hydrogen (secondary N) is 2. The predicted molar refractivity (Wildman–Crippen MR) is 164 cm³/mol. The molecule has 2 heterocycles. The SMILES string of the molecule is CC(C)C(=O)[C@H](NC(=O)c1ccccc1)C1CCCCC1.CCOc1cncnc1CNCC(=O)N1CCCCC1.[HH].[HH]. The van der Waals surface area contributed by atoms with Gasteiger partial charge in [0, 0.05) is 34.0 Å². The van der Waals surface area contributed by atoms with Gasteiger partial charge in [-0.15, -0.1) is 0 Å². The number of piperidine rings is 1. The third-order valence-electron chi connectivity index (χ3n) is 7.65. The lowest BCUT2D eigenvalue weighted by atomic mass is 9.80. The molecule has 9 nitrogen and oxygen atoms in total. The van der Waals surface area contributed by atoms with Crippen LogP contribution in [0.2, 0.25) is 0 Å². The molecule has 0 spiro atoms. The van der Waals surface area contributed by atoms with Crippen molar-refractivity contribution in [1.29, 1.82) is 0 Å². The highest BCUT2D eigenvalue weighted by Gasteiger charge is 2.32. The highest BCUT2D eigenvalue weighted by molar-refractivity contribution is 5.98. The van der Waals surface area contributed by atoms with E-state index in [9.17, 15) is 14.4 Å². The molecule has 0 radical (unpaired) electrons. The van der Waals surface area contributed by atoms with Gasteiger partial charge in [0.1, 0.15) is 6.33 Å². The summed E-state index contributed by atoms with van der Waals surface area (Å²) in [4.78, 5) is 46.9. The molecule has 4 rings (SSSR count). The molecule has 1 aliphatic carbocycles. The number of ketones is 1. The van der Waals surface area contributed by atoms with Gasteiger partial charge in [-0.1, -0.05) is 51.3 Å². The number of carbonyl (C=O) groups is 3. The number of ether oxygens (including phenoxy) is 1. The van der Waals surface area contributed by atoms with E-state index in [1.54, 1.807) is 18.3 Å². The van der Waals surface area contributed by atoms with Crippen LogP contribution in [0.4, 0.5) is 0 Å². The largest absolute Gasteiger partial charge is 0.490 e. The molecule has 1 aromatic heterocycles. The van der Waals surface area contributed by atoms with Crippen LogP contribution >= 0.6 is 0 Å². The van der Waals surface area contributed by atoms with E-state index in [1.165, 1.54) is 19.2 Å². The number of likely N-dealkylation sites (tertiary alicyclic amines) is 1. The Hall–Kier alpha value is -3.33. The van der Waals surface area contributed by atoms with Gasteiger partial charge in [-0.05, 0) is 57.1 Å². The molecule has 2 aliphatic rings. The van der Waals surface area contributed by atoms with Crippen molar-refractivity contribution in [2.24, 2.45) is 11.8 Å². The number of hydrogen-bond donors (Lipinski definition) is 2. The van der Waals surface area contributed by atoms with Crippen LogP contribution in [-0.2, 0) is 16.1 Å². The van der Waals surface area contributed by atoms with E-state index < -0.39 is 0 Å². The topological polar surface area (TPSA) is 114 Å². The van der Waals surface area contributed by atoms with E-state index >= 15 is 0 Å². The van der Waals surface area contributed by atoms with Crippen molar-refractivity contribution in [2.75, 3.05) is 26.2 Å². The van der Waals surface area contributed by atoms with Crippen molar-refractivity contribution in [1.82, 2.24) is 25.5 Å². The van der Waals surface area contributed by atoms with E-state index in [4.69, 9.17) is 4.74 Å². The maximum atomic E-state index is 12.5. The van der Waals surface area contributed by atoms with Crippen LogP contribution in [0.25, 0.3) is 0 Å². The minimum absolute atomic E-state index is 0. The molecule has 0 bridgehead atoms. The van der Waals surface area contributed by atoms with Crippen molar-refractivity contribution in [2.45, 2.75) is 84.7 Å². The molecule has 9 heteroatoms. The van der Waals surface area contributed by atoms with Crippen LogP contribution < -0.4 is 15.4 Å². The minimum Gasteiger partial charge on any atom is -0.490 e. The molecule has 1 saturated heterocycles. The maximum Gasteiger partial charge on any atom is 0.251 e. The molecule has 41 heavy (non-hydrogen) atoms. The highest BCUT2D eigenvalue weighted by atomic mass is 16.5. The average Bonchev–Trinajstić information content (AvgIpc) is 3.02. The third kappa shape index (κ3) is 10.5. The first-order chi connectivity index (χ1) is 19.9. The van der Waals surface area contributed by atoms with Crippen LogP contribution in [0.15, 0.2) is 42.9 Å². The van der Waals surface area contributed by atoms with Gasteiger partial charge < -0.3 is 20.3 Å². The lowest BCUT2D eigenvalue weighted by molar-refractivity contribution is -0.131. The molecule has 1 saturated carbocycles. The molecule has 0 unspecified atom stereocenters. The molecular formula is C32H51N5O4. The normalized spacial score (nSPS) is 16.3. The first kappa shape index (κ1) is 32.2. The average molecular weight is 570 g/mol. The molecule has 1 atom stereocenters. The van der Waals surface area contributed by atoms with Gasteiger partial charge in [0.2, 0.25) is 5.91 Å². The quantitative estimate of drug-likeness (QED) is 0.389. The van der Waals surface area contributed by atoms with Gasteiger partial charge in [-0.2, -0.15) is 0 Å². The standard InChI is InChI=1S/C18H25NO2.C14H22N4O2.2H2/c1-13(2)17(20)16(14-9-5-3-6-10-14)19-18(21)15-11-7-4-8-12-15;1-2-20-13-9-16-11-17-12(13)8-15-10-14(19)18-6-4-3-5-7-18;;/h4,7-8,11-14,16H,3,5-6,9-10H2,1-2H3,(H,19,21);9,11,15H,2-8,10H2,1H3;2*1H/t16-;;;/m1.../s1. The van der Waals surface area contributed by atoms with Crippen molar-refractivity contribution < 1.29 is 22.0 Å². The summed E-state index contributed by atoms with van der Waals surface area (Å²) in [5.41, 5.74) is 1.41. The molecule has 1 aromatic carbocycles. The maximum absolute atomic E-state index is 12.5. The summed E-state index contributed by atoms with van der Waals surface area (Å²) in [5.74, 6) is 1.10. The predicted octanol–water partition coefficient (Wildman–Crippen LogP) is 5.06. The Balaban J connectivity index is 0.000000411. The summed E-state index contributed by atoms with van der Waals surface area (Å²) >= 11 is 0. The Morgan fingerprint density at radius 3 is 2.37 bits per heavy atom. The fraction of sp³-hybridized carbons (Fsp3) is 0.594. The first-order valence-electron chi connectivity index (χ1n) is 15.2. The Kier molecular flexibility index (Phi) is 13.7. The number of amides is 2. The Morgan fingerprint density at radius 1 is 1.02 bits per heavy atom. The zero-order chi connectivity index (χ0) is 29.5. The third-order valence-corrected chi connectivity index (χ3v) is 7.65. The summed E-state index contributed by atoms with van der Waals surface area (Å²) in [6, 6.07) is 8.80. The summed E-state index contributed by atoms with van der Waals surface area (Å²) in [5, 5.41) is 6.13. The van der Waals surface area contributed by atoms with Crippen molar-refractivity contribution in [3.63, 3.8) is 0 Å². The van der Waals surface area contributed by atoms with Crippen LogP contribution in [-0.4, -0.2) is 64.7 Å². The summed E-state index contributed by atoms with van der Waals surface area (Å²) in [7, 11) is 0. The van der Waals surface area contributed by atoms with Crippen LogP contribution in [0.5, 0.6) is 5.75 Å². The fourth-order valence-electron chi connectivity index (χ4n) is 5.36. The number of rotatable bonds is 11. The minimum atomic E-state index is -0.335. The molecule has 228 valence electrons.